The summed E-state index contributed by atoms with van der Waals surface area (Å²) in [4.78, 5) is 51.2. The van der Waals surface area contributed by atoms with Gasteiger partial charge in [0.2, 0.25) is 11.8 Å². The van der Waals surface area contributed by atoms with Gasteiger partial charge in [0.05, 0.1) is 11.8 Å². The van der Waals surface area contributed by atoms with E-state index in [9.17, 15) is 19.2 Å². The topological polar surface area (TPSA) is 92.8 Å². The summed E-state index contributed by atoms with van der Waals surface area (Å²) in [5.74, 6) is -1.74. The Balaban J connectivity index is 1.34. The fourth-order valence-electron chi connectivity index (χ4n) is 5.19. The van der Waals surface area contributed by atoms with Crippen LogP contribution in [0.5, 0.6) is 0 Å². The van der Waals surface area contributed by atoms with Crippen LogP contribution in [0.2, 0.25) is 0 Å². The van der Waals surface area contributed by atoms with Crippen LogP contribution in [0.3, 0.4) is 0 Å². The first-order valence-electron chi connectivity index (χ1n) is 10.2. The van der Waals surface area contributed by atoms with Crippen LogP contribution in [0, 0.1) is 37.5 Å². The van der Waals surface area contributed by atoms with E-state index in [1.807, 2.05) is 26.0 Å². The number of benzene rings is 1. The van der Waals surface area contributed by atoms with Crippen molar-refractivity contribution in [1.82, 2.24) is 4.90 Å². The van der Waals surface area contributed by atoms with Gasteiger partial charge in [-0.25, -0.2) is 4.79 Å². The van der Waals surface area contributed by atoms with Crippen molar-refractivity contribution in [3.8, 4) is 0 Å². The second-order valence-corrected chi connectivity index (χ2v) is 8.56. The highest BCUT2D eigenvalue weighted by Crippen LogP contribution is 2.56. The molecule has 1 aromatic carbocycles. The highest BCUT2D eigenvalue weighted by Gasteiger charge is 2.62. The number of rotatable bonds is 5. The third kappa shape index (κ3) is 3.32. The van der Waals surface area contributed by atoms with Crippen molar-refractivity contribution in [3.05, 3.63) is 29.3 Å². The molecule has 2 saturated carbocycles. The van der Waals surface area contributed by atoms with E-state index in [4.69, 9.17) is 4.74 Å². The van der Waals surface area contributed by atoms with Gasteiger partial charge in [-0.05, 0) is 75.1 Å². The number of imide groups is 1. The van der Waals surface area contributed by atoms with Crippen molar-refractivity contribution in [3.63, 3.8) is 0 Å². The predicted molar refractivity (Wildman–Crippen MR) is 105 cm³/mol. The second kappa shape index (κ2) is 7.28. The summed E-state index contributed by atoms with van der Waals surface area (Å²) in [5, 5.41) is 2.68. The molecule has 0 aromatic heterocycles. The van der Waals surface area contributed by atoms with Crippen molar-refractivity contribution in [1.29, 1.82) is 0 Å². The van der Waals surface area contributed by atoms with Crippen LogP contribution >= 0.6 is 0 Å². The number of esters is 1. The number of nitrogens with zero attached hydrogens (tertiary/aromatic N) is 1. The van der Waals surface area contributed by atoms with Gasteiger partial charge in [-0.15, -0.1) is 0 Å². The number of nitrogens with one attached hydrogen (secondary N) is 1. The van der Waals surface area contributed by atoms with Crippen LogP contribution < -0.4 is 5.32 Å². The maximum Gasteiger partial charge on any atom is 0.329 e. The Bertz CT molecular complexity index is 867. The van der Waals surface area contributed by atoms with E-state index in [-0.39, 0.29) is 35.5 Å². The molecule has 0 unspecified atom stereocenters. The van der Waals surface area contributed by atoms with Gasteiger partial charge in [-0.2, -0.15) is 0 Å². The van der Waals surface area contributed by atoms with Crippen LogP contribution in [-0.2, 0) is 23.9 Å². The van der Waals surface area contributed by atoms with Gasteiger partial charge in [0.15, 0.2) is 6.61 Å². The van der Waals surface area contributed by atoms with Gasteiger partial charge in [0.1, 0.15) is 6.04 Å². The standard InChI is InChI=1S/C22H26N2O5/c1-11-4-7-16(8-12(11)2)23-17(25)10-29-22(28)13(3)24-20(26)18-14-5-6-15(9-14)19(18)21(24)27/h4,7-8,13-15,18-19H,5-6,9-10H2,1-3H3,(H,23,25)/t13-,14-,15-,18-,19+/m0/s1. The monoisotopic (exact) mass is 398 g/mol. The zero-order valence-electron chi connectivity index (χ0n) is 16.9. The third-order valence-corrected chi connectivity index (χ3v) is 6.83. The molecule has 2 bridgehead atoms. The highest BCUT2D eigenvalue weighted by atomic mass is 16.5. The molecule has 3 amide bonds. The maximum absolute atomic E-state index is 12.8. The fraction of sp³-hybridized carbons (Fsp3) is 0.545. The molecular weight excluding hydrogens is 372 g/mol. The number of likely N-dealkylation sites (tertiary alicyclic amines) is 1. The Morgan fingerprint density at radius 1 is 1.10 bits per heavy atom. The number of hydrogen-bond donors (Lipinski definition) is 1. The van der Waals surface area contributed by atoms with Gasteiger partial charge in [-0.3, -0.25) is 19.3 Å². The molecule has 29 heavy (non-hydrogen) atoms. The smallest absolute Gasteiger partial charge is 0.329 e. The quantitative estimate of drug-likeness (QED) is 0.606. The molecule has 1 heterocycles. The zero-order valence-corrected chi connectivity index (χ0v) is 16.9. The van der Waals surface area contributed by atoms with Crippen LogP contribution in [0.4, 0.5) is 5.69 Å². The lowest BCUT2D eigenvalue weighted by molar-refractivity contribution is -0.159. The number of carbonyl (C=O) groups excluding carboxylic acids is 4. The second-order valence-electron chi connectivity index (χ2n) is 8.56. The van der Waals surface area contributed by atoms with Gasteiger partial charge in [0, 0.05) is 5.69 Å². The van der Waals surface area contributed by atoms with E-state index in [1.165, 1.54) is 6.92 Å². The van der Waals surface area contributed by atoms with Crippen molar-refractivity contribution in [2.24, 2.45) is 23.7 Å². The van der Waals surface area contributed by atoms with Crippen LogP contribution in [-0.4, -0.2) is 41.2 Å². The van der Waals surface area contributed by atoms with E-state index in [0.717, 1.165) is 35.3 Å². The minimum atomic E-state index is -1.02. The lowest BCUT2D eigenvalue weighted by Gasteiger charge is -2.23. The zero-order chi connectivity index (χ0) is 20.9. The highest BCUT2D eigenvalue weighted by molar-refractivity contribution is 6.08. The Morgan fingerprint density at radius 2 is 1.72 bits per heavy atom. The van der Waals surface area contributed by atoms with Crippen LogP contribution in [0.25, 0.3) is 0 Å². The van der Waals surface area contributed by atoms with E-state index >= 15 is 0 Å². The van der Waals surface area contributed by atoms with Gasteiger partial charge in [-0.1, -0.05) is 6.07 Å². The average molecular weight is 398 g/mol. The molecule has 1 aromatic rings. The molecule has 1 aliphatic heterocycles. The normalized spacial score (nSPS) is 28.4. The molecular formula is C22H26N2O5. The summed E-state index contributed by atoms with van der Waals surface area (Å²) in [7, 11) is 0. The summed E-state index contributed by atoms with van der Waals surface area (Å²) in [6.07, 6.45) is 2.91. The number of hydrogen-bond acceptors (Lipinski definition) is 5. The summed E-state index contributed by atoms with van der Waals surface area (Å²) in [5.41, 5.74) is 2.77. The number of amides is 3. The van der Waals surface area contributed by atoms with E-state index < -0.39 is 24.5 Å². The lowest BCUT2D eigenvalue weighted by Crippen LogP contribution is -2.45. The Morgan fingerprint density at radius 3 is 2.31 bits per heavy atom. The van der Waals surface area contributed by atoms with E-state index in [2.05, 4.69) is 5.32 Å². The first-order chi connectivity index (χ1) is 13.8. The molecule has 1 saturated heterocycles. The molecule has 7 nitrogen and oxygen atoms in total. The molecule has 4 rings (SSSR count). The molecule has 0 radical (unpaired) electrons. The van der Waals surface area contributed by atoms with E-state index in [1.54, 1.807) is 6.07 Å². The van der Waals surface area contributed by atoms with Gasteiger partial charge >= 0.3 is 5.97 Å². The maximum atomic E-state index is 12.8. The third-order valence-electron chi connectivity index (χ3n) is 6.83. The van der Waals surface area contributed by atoms with Gasteiger partial charge < -0.3 is 10.1 Å². The summed E-state index contributed by atoms with van der Waals surface area (Å²) in [6, 6.07) is 4.49. The Labute approximate surface area is 169 Å². The summed E-state index contributed by atoms with van der Waals surface area (Å²) < 4.78 is 5.10. The molecule has 2 aliphatic carbocycles. The number of carbonyl (C=O) groups is 4. The minimum Gasteiger partial charge on any atom is -0.454 e. The largest absolute Gasteiger partial charge is 0.454 e. The Hall–Kier alpha value is -2.70. The summed E-state index contributed by atoms with van der Waals surface area (Å²) in [6.45, 7) is 4.94. The van der Waals surface area contributed by atoms with Crippen molar-refractivity contribution >= 4 is 29.4 Å². The molecule has 0 spiro atoms. The first kappa shape index (κ1) is 19.6. The number of fused-ring (bicyclic) bond motifs is 5. The molecule has 154 valence electrons. The average Bonchev–Trinajstić information content (AvgIpc) is 3.36. The number of ether oxygens (including phenoxy) is 1. The van der Waals surface area contributed by atoms with Gasteiger partial charge in [0.25, 0.3) is 5.91 Å². The SMILES string of the molecule is Cc1ccc(NC(=O)COC(=O)[C@H](C)N2C(=O)[C@@H]3[C@H]4CC[C@@H](C4)[C@@H]3C2=O)cc1C. The molecule has 1 N–H and O–H groups in total. The summed E-state index contributed by atoms with van der Waals surface area (Å²) >= 11 is 0. The Kier molecular flexibility index (Phi) is 4.92. The number of anilines is 1. The minimum absolute atomic E-state index is 0.253. The van der Waals surface area contributed by atoms with Crippen LogP contribution in [0.1, 0.15) is 37.3 Å². The molecule has 3 fully saturated rings. The molecule has 3 aliphatic rings. The van der Waals surface area contributed by atoms with Crippen molar-refractivity contribution in [2.75, 3.05) is 11.9 Å². The molecule has 5 atom stereocenters. The van der Waals surface area contributed by atoms with E-state index in [0.29, 0.717) is 5.69 Å². The van der Waals surface area contributed by atoms with Crippen molar-refractivity contribution < 1.29 is 23.9 Å². The predicted octanol–water partition coefficient (Wildman–Crippen LogP) is 2.20. The fourth-order valence-corrected chi connectivity index (χ4v) is 5.19. The number of aryl methyl sites for hydroxylation is 2. The molecule has 7 heteroatoms. The lowest BCUT2D eigenvalue weighted by atomic mass is 9.81. The van der Waals surface area contributed by atoms with Crippen molar-refractivity contribution in [2.45, 2.75) is 46.1 Å². The first-order valence-corrected chi connectivity index (χ1v) is 10.2. The van der Waals surface area contributed by atoms with Crippen LogP contribution in [0.15, 0.2) is 18.2 Å².